The third-order valence-corrected chi connectivity index (χ3v) is 3.95. The van der Waals surface area contributed by atoms with Crippen LogP contribution in [-0.4, -0.2) is 36.6 Å². The van der Waals surface area contributed by atoms with Gasteiger partial charge in [0.05, 0.1) is 0 Å². The third-order valence-electron chi connectivity index (χ3n) is 3.95. The van der Waals surface area contributed by atoms with Crippen molar-refractivity contribution in [3.8, 4) is 0 Å². The van der Waals surface area contributed by atoms with Crippen LogP contribution < -0.4 is 10.6 Å². The molecule has 1 atom stereocenters. The van der Waals surface area contributed by atoms with E-state index < -0.39 is 0 Å². The van der Waals surface area contributed by atoms with Gasteiger partial charge in [0.2, 0.25) is 0 Å². The van der Waals surface area contributed by atoms with E-state index >= 15 is 0 Å². The molecule has 1 unspecified atom stereocenters. The molecule has 2 amide bonds. The average Bonchev–Trinajstić information content (AvgIpc) is 2.48. The molecule has 1 heterocycles. The van der Waals surface area contributed by atoms with Gasteiger partial charge in [0, 0.05) is 24.8 Å². The molecule has 21 heavy (non-hydrogen) atoms. The zero-order valence-corrected chi connectivity index (χ0v) is 12.6. The quantitative estimate of drug-likeness (QED) is 0.819. The molecule has 1 aliphatic heterocycles. The molecule has 0 saturated carbocycles. The van der Waals surface area contributed by atoms with Gasteiger partial charge < -0.3 is 15.5 Å². The number of urea groups is 1. The highest BCUT2D eigenvalue weighted by Crippen LogP contribution is 2.16. The summed E-state index contributed by atoms with van der Waals surface area (Å²) in [7, 11) is 0. The number of rotatable bonds is 5. The number of hydrogen-bond acceptors (Lipinski definition) is 2. The first kappa shape index (κ1) is 15.8. The van der Waals surface area contributed by atoms with Gasteiger partial charge in [-0.3, -0.25) is 0 Å². The summed E-state index contributed by atoms with van der Waals surface area (Å²) in [4.78, 5) is 14.2. The van der Waals surface area contributed by atoms with E-state index in [9.17, 15) is 9.18 Å². The average molecular weight is 293 g/mol. The summed E-state index contributed by atoms with van der Waals surface area (Å²) in [5, 5.41) is 5.52. The van der Waals surface area contributed by atoms with E-state index in [-0.39, 0.29) is 11.8 Å². The molecule has 1 aromatic rings. The lowest BCUT2D eigenvalue weighted by Crippen LogP contribution is -2.39. The van der Waals surface area contributed by atoms with Gasteiger partial charge in [-0.2, -0.15) is 0 Å². The van der Waals surface area contributed by atoms with E-state index in [1.54, 1.807) is 12.1 Å². The Kier molecular flexibility index (Phi) is 5.99. The second kappa shape index (κ2) is 7.98. The predicted molar refractivity (Wildman–Crippen MR) is 82.9 cm³/mol. The number of hydrogen-bond donors (Lipinski definition) is 2. The number of carbonyl (C=O) groups is 1. The summed E-state index contributed by atoms with van der Waals surface area (Å²) in [5.41, 5.74) is 0.596. The summed E-state index contributed by atoms with van der Waals surface area (Å²) < 4.78 is 12.7. The standard InChI is InChI=1S/C16H24FN3O/c1-13-5-2-3-11-20(13)12-4-10-18-16(21)19-15-8-6-14(17)7-9-15/h6-9,13H,2-5,10-12H2,1H3,(H2,18,19,21). The molecule has 2 rings (SSSR count). The smallest absolute Gasteiger partial charge is 0.319 e. The summed E-state index contributed by atoms with van der Waals surface area (Å²) >= 11 is 0. The van der Waals surface area contributed by atoms with Gasteiger partial charge in [0.25, 0.3) is 0 Å². The van der Waals surface area contributed by atoms with Gasteiger partial charge in [-0.15, -0.1) is 0 Å². The first-order valence-electron chi connectivity index (χ1n) is 7.69. The summed E-state index contributed by atoms with van der Waals surface area (Å²) in [6, 6.07) is 6.16. The number of nitrogens with one attached hydrogen (secondary N) is 2. The molecule has 0 radical (unpaired) electrons. The molecular formula is C16H24FN3O. The number of anilines is 1. The molecule has 2 N–H and O–H groups in total. The fourth-order valence-corrected chi connectivity index (χ4v) is 2.68. The van der Waals surface area contributed by atoms with Crippen molar-refractivity contribution in [3.63, 3.8) is 0 Å². The lowest BCUT2D eigenvalue weighted by molar-refractivity contribution is 0.159. The first-order valence-corrected chi connectivity index (χ1v) is 7.69. The van der Waals surface area contributed by atoms with E-state index in [4.69, 9.17) is 0 Å². The zero-order valence-electron chi connectivity index (χ0n) is 12.6. The zero-order chi connectivity index (χ0) is 15.1. The van der Waals surface area contributed by atoms with Crippen molar-refractivity contribution in [3.05, 3.63) is 30.1 Å². The Bertz CT molecular complexity index is 449. The highest BCUT2D eigenvalue weighted by molar-refractivity contribution is 5.89. The van der Waals surface area contributed by atoms with Crippen molar-refractivity contribution in [2.75, 3.05) is 25.0 Å². The minimum Gasteiger partial charge on any atom is -0.338 e. The van der Waals surface area contributed by atoms with Crippen LogP contribution in [0.4, 0.5) is 14.9 Å². The number of piperidine rings is 1. The van der Waals surface area contributed by atoms with E-state index in [1.807, 2.05) is 0 Å². The van der Waals surface area contributed by atoms with Gasteiger partial charge in [-0.1, -0.05) is 6.42 Å². The van der Waals surface area contributed by atoms with Gasteiger partial charge in [-0.25, -0.2) is 9.18 Å². The van der Waals surface area contributed by atoms with Gasteiger partial charge in [0.1, 0.15) is 5.82 Å². The number of amides is 2. The van der Waals surface area contributed by atoms with Gasteiger partial charge >= 0.3 is 6.03 Å². The minimum atomic E-state index is -0.309. The number of benzene rings is 1. The Hall–Kier alpha value is -1.62. The van der Waals surface area contributed by atoms with Crippen LogP contribution in [0.3, 0.4) is 0 Å². The molecular weight excluding hydrogens is 269 g/mol. The van der Waals surface area contributed by atoms with Crippen molar-refractivity contribution in [2.45, 2.75) is 38.6 Å². The van der Waals surface area contributed by atoms with E-state index in [0.29, 0.717) is 18.3 Å². The SMILES string of the molecule is CC1CCCCN1CCCNC(=O)Nc1ccc(F)cc1. The Morgan fingerprint density at radius 2 is 2.10 bits per heavy atom. The van der Waals surface area contributed by atoms with Crippen LogP contribution in [0.25, 0.3) is 0 Å². The van der Waals surface area contributed by atoms with Crippen LogP contribution in [0.15, 0.2) is 24.3 Å². The molecule has 5 heteroatoms. The van der Waals surface area contributed by atoms with E-state index in [0.717, 1.165) is 13.0 Å². The Morgan fingerprint density at radius 1 is 1.33 bits per heavy atom. The number of likely N-dealkylation sites (tertiary alicyclic amines) is 1. The second-order valence-electron chi connectivity index (χ2n) is 5.62. The second-order valence-corrected chi connectivity index (χ2v) is 5.62. The summed E-state index contributed by atoms with van der Waals surface area (Å²) in [6.45, 7) is 5.12. The fraction of sp³-hybridized carbons (Fsp3) is 0.562. The van der Waals surface area contributed by atoms with Crippen molar-refractivity contribution in [1.29, 1.82) is 0 Å². The molecule has 1 aromatic carbocycles. The summed E-state index contributed by atoms with van der Waals surface area (Å²) in [5.74, 6) is -0.309. The van der Waals surface area contributed by atoms with E-state index in [2.05, 4.69) is 22.5 Å². The van der Waals surface area contributed by atoms with Gasteiger partial charge in [-0.05, 0) is 57.0 Å². The Morgan fingerprint density at radius 3 is 2.81 bits per heavy atom. The lowest BCUT2D eigenvalue weighted by atomic mass is 10.0. The van der Waals surface area contributed by atoms with Crippen LogP contribution >= 0.6 is 0 Å². The maximum Gasteiger partial charge on any atom is 0.319 e. The van der Waals surface area contributed by atoms with Crippen LogP contribution in [-0.2, 0) is 0 Å². The molecule has 1 aliphatic rings. The minimum absolute atomic E-state index is 0.242. The topological polar surface area (TPSA) is 44.4 Å². The fourth-order valence-electron chi connectivity index (χ4n) is 2.68. The van der Waals surface area contributed by atoms with Crippen molar-refractivity contribution in [1.82, 2.24) is 10.2 Å². The highest BCUT2D eigenvalue weighted by Gasteiger charge is 2.17. The third kappa shape index (κ3) is 5.34. The highest BCUT2D eigenvalue weighted by atomic mass is 19.1. The van der Waals surface area contributed by atoms with Crippen LogP contribution in [0.2, 0.25) is 0 Å². The van der Waals surface area contributed by atoms with Crippen LogP contribution in [0.1, 0.15) is 32.6 Å². The van der Waals surface area contributed by atoms with Gasteiger partial charge in [0.15, 0.2) is 0 Å². The van der Waals surface area contributed by atoms with Crippen LogP contribution in [0, 0.1) is 5.82 Å². The molecule has 0 spiro atoms. The molecule has 0 aromatic heterocycles. The Balaban J connectivity index is 1.61. The maximum atomic E-state index is 12.7. The van der Waals surface area contributed by atoms with Crippen molar-refractivity contribution in [2.24, 2.45) is 0 Å². The Labute approximate surface area is 125 Å². The largest absolute Gasteiger partial charge is 0.338 e. The molecule has 0 bridgehead atoms. The van der Waals surface area contributed by atoms with E-state index in [1.165, 1.54) is 37.9 Å². The molecule has 4 nitrogen and oxygen atoms in total. The number of halogens is 1. The first-order chi connectivity index (χ1) is 10.1. The van der Waals surface area contributed by atoms with Crippen molar-refractivity contribution < 1.29 is 9.18 Å². The molecule has 116 valence electrons. The monoisotopic (exact) mass is 293 g/mol. The van der Waals surface area contributed by atoms with Crippen LogP contribution in [0.5, 0.6) is 0 Å². The molecule has 0 aliphatic carbocycles. The molecule has 1 saturated heterocycles. The lowest BCUT2D eigenvalue weighted by Gasteiger charge is -2.33. The summed E-state index contributed by atoms with van der Waals surface area (Å²) in [6.07, 6.45) is 4.83. The van der Waals surface area contributed by atoms with Crippen molar-refractivity contribution >= 4 is 11.7 Å². The number of carbonyl (C=O) groups excluding carboxylic acids is 1. The predicted octanol–water partition coefficient (Wildman–Crippen LogP) is 3.21. The normalized spacial score (nSPS) is 19.2. The maximum absolute atomic E-state index is 12.7. The number of nitrogens with zero attached hydrogens (tertiary/aromatic N) is 1. The molecule has 1 fully saturated rings.